The minimum Gasteiger partial charge on any atom is -0.335 e. The molecule has 0 saturated heterocycles. The summed E-state index contributed by atoms with van der Waals surface area (Å²) in [5.41, 5.74) is -0.438. The fourth-order valence-corrected chi connectivity index (χ4v) is 2.04. The van der Waals surface area contributed by atoms with E-state index in [1.807, 2.05) is 13.8 Å². The first kappa shape index (κ1) is 15.6. The van der Waals surface area contributed by atoms with Crippen LogP contribution in [0.3, 0.4) is 0 Å². The first-order valence-corrected chi connectivity index (χ1v) is 6.81. The standard InChI is InChI=1S/C12H14BrFN2O3/c1-8(2)15(4-3-13)12(17)9-5-10(14)7-11(6-9)16(18)19/h5-8H,3-4H2,1-2H3. The predicted molar refractivity (Wildman–Crippen MR) is 73.0 cm³/mol. The molecule has 0 heterocycles. The molecular weight excluding hydrogens is 319 g/mol. The Kier molecular flexibility index (Phi) is 5.41. The average molecular weight is 333 g/mol. The molecule has 0 atom stereocenters. The zero-order chi connectivity index (χ0) is 14.6. The van der Waals surface area contributed by atoms with Crippen LogP contribution in [0.1, 0.15) is 24.2 Å². The lowest BCUT2D eigenvalue weighted by molar-refractivity contribution is -0.385. The summed E-state index contributed by atoms with van der Waals surface area (Å²) in [6.07, 6.45) is 0. The summed E-state index contributed by atoms with van der Waals surface area (Å²) in [5.74, 6) is -1.21. The monoisotopic (exact) mass is 332 g/mol. The van der Waals surface area contributed by atoms with Gasteiger partial charge in [-0.2, -0.15) is 0 Å². The van der Waals surface area contributed by atoms with Crippen molar-refractivity contribution in [1.29, 1.82) is 0 Å². The molecule has 0 aliphatic carbocycles. The lowest BCUT2D eigenvalue weighted by atomic mass is 10.1. The lowest BCUT2D eigenvalue weighted by Gasteiger charge is -2.26. The quantitative estimate of drug-likeness (QED) is 0.473. The van der Waals surface area contributed by atoms with Gasteiger partial charge in [0.2, 0.25) is 0 Å². The van der Waals surface area contributed by atoms with Crippen molar-refractivity contribution in [2.75, 3.05) is 11.9 Å². The van der Waals surface area contributed by atoms with Crippen LogP contribution in [0.5, 0.6) is 0 Å². The number of amides is 1. The van der Waals surface area contributed by atoms with E-state index in [2.05, 4.69) is 15.9 Å². The van der Waals surface area contributed by atoms with Crippen molar-refractivity contribution in [3.8, 4) is 0 Å². The number of rotatable bonds is 5. The van der Waals surface area contributed by atoms with Crippen LogP contribution in [0.4, 0.5) is 10.1 Å². The normalized spacial score (nSPS) is 10.6. The fraction of sp³-hybridized carbons (Fsp3) is 0.417. The Bertz CT molecular complexity index is 494. The number of nitrogens with zero attached hydrogens (tertiary/aromatic N) is 2. The topological polar surface area (TPSA) is 63.5 Å². The average Bonchev–Trinajstić information content (AvgIpc) is 2.33. The van der Waals surface area contributed by atoms with Crippen LogP contribution in [0.2, 0.25) is 0 Å². The largest absolute Gasteiger partial charge is 0.335 e. The van der Waals surface area contributed by atoms with E-state index >= 15 is 0 Å². The van der Waals surface area contributed by atoms with Crippen molar-refractivity contribution in [2.24, 2.45) is 0 Å². The molecule has 1 rings (SSSR count). The third-order valence-corrected chi connectivity index (χ3v) is 2.90. The van der Waals surface area contributed by atoms with Crippen molar-refractivity contribution in [3.05, 3.63) is 39.7 Å². The van der Waals surface area contributed by atoms with Crippen molar-refractivity contribution in [2.45, 2.75) is 19.9 Å². The van der Waals surface area contributed by atoms with E-state index in [1.54, 1.807) is 0 Å². The van der Waals surface area contributed by atoms with E-state index in [0.717, 1.165) is 18.2 Å². The fourth-order valence-electron chi connectivity index (χ4n) is 1.65. The molecule has 19 heavy (non-hydrogen) atoms. The molecule has 0 spiro atoms. The number of halogens is 2. The molecule has 0 N–H and O–H groups in total. The Morgan fingerprint density at radius 3 is 2.58 bits per heavy atom. The molecule has 1 aromatic rings. The smallest absolute Gasteiger partial charge is 0.273 e. The number of nitro benzene ring substituents is 1. The van der Waals surface area contributed by atoms with Gasteiger partial charge in [0, 0.05) is 29.5 Å². The first-order chi connectivity index (χ1) is 8.86. The second-order valence-electron chi connectivity index (χ2n) is 4.24. The SMILES string of the molecule is CC(C)N(CCBr)C(=O)c1cc(F)cc([N+](=O)[O-])c1. The van der Waals surface area contributed by atoms with Gasteiger partial charge in [0.15, 0.2) is 0 Å². The summed E-state index contributed by atoms with van der Waals surface area (Å²) >= 11 is 3.24. The maximum Gasteiger partial charge on any atom is 0.273 e. The van der Waals surface area contributed by atoms with Gasteiger partial charge in [-0.1, -0.05) is 15.9 Å². The molecule has 0 bridgehead atoms. The van der Waals surface area contributed by atoms with Crippen molar-refractivity contribution < 1.29 is 14.1 Å². The summed E-state index contributed by atoms with van der Waals surface area (Å²) in [6, 6.07) is 2.82. The maximum absolute atomic E-state index is 13.3. The van der Waals surface area contributed by atoms with Crippen LogP contribution in [0.15, 0.2) is 18.2 Å². The molecule has 1 aromatic carbocycles. The highest BCUT2D eigenvalue weighted by Crippen LogP contribution is 2.18. The second-order valence-corrected chi connectivity index (χ2v) is 5.03. The summed E-state index contributed by atoms with van der Waals surface area (Å²) < 4.78 is 13.3. The van der Waals surface area contributed by atoms with Gasteiger partial charge in [-0.05, 0) is 19.9 Å². The highest BCUT2D eigenvalue weighted by Gasteiger charge is 2.21. The third-order valence-electron chi connectivity index (χ3n) is 2.55. The van der Waals surface area contributed by atoms with Crippen LogP contribution in [-0.2, 0) is 0 Å². The predicted octanol–water partition coefficient (Wildman–Crippen LogP) is 2.98. The molecule has 0 fully saturated rings. The lowest BCUT2D eigenvalue weighted by Crippen LogP contribution is -2.38. The number of carbonyl (C=O) groups excluding carboxylic acids is 1. The molecule has 1 amide bonds. The van der Waals surface area contributed by atoms with Gasteiger partial charge >= 0.3 is 0 Å². The van der Waals surface area contributed by atoms with E-state index < -0.39 is 22.3 Å². The van der Waals surface area contributed by atoms with Crippen LogP contribution >= 0.6 is 15.9 Å². The summed E-state index contributed by atoms with van der Waals surface area (Å²) in [6.45, 7) is 4.10. The molecule has 0 aliphatic heterocycles. The van der Waals surface area contributed by atoms with Crippen molar-refractivity contribution in [3.63, 3.8) is 0 Å². The third kappa shape index (κ3) is 3.99. The Labute approximate surface area is 118 Å². The maximum atomic E-state index is 13.3. The van der Waals surface area contributed by atoms with Gasteiger partial charge in [0.1, 0.15) is 5.82 Å². The van der Waals surface area contributed by atoms with E-state index in [9.17, 15) is 19.3 Å². The molecule has 5 nitrogen and oxygen atoms in total. The van der Waals surface area contributed by atoms with E-state index in [0.29, 0.717) is 11.9 Å². The number of nitro groups is 1. The molecule has 0 aliphatic rings. The number of alkyl halides is 1. The number of hydrogen-bond acceptors (Lipinski definition) is 3. The highest BCUT2D eigenvalue weighted by atomic mass is 79.9. The zero-order valence-corrected chi connectivity index (χ0v) is 12.2. The van der Waals surface area contributed by atoms with Crippen LogP contribution in [-0.4, -0.2) is 33.6 Å². The summed E-state index contributed by atoms with van der Waals surface area (Å²) in [5, 5.41) is 11.2. The molecular formula is C12H14BrFN2O3. The number of benzene rings is 1. The van der Waals surface area contributed by atoms with Gasteiger partial charge < -0.3 is 4.90 Å². The minimum absolute atomic E-state index is 0.0126. The molecule has 104 valence electrons. The Morgan fingerprint density at radius 1 is 1.47 bits per heavy atom. The molecule has 7 heteroatoms. The van der Waals surface area contributed by atoms with Crippen molar-refractivity contribution >= 4 is 27.5 Å². The van der Waals surface area contributed by atoms with E-state index in [-0.39, 0.29) is 11.6 Å². The van der Waals surface area contributed by atoms with Gasteiger partial charge in [-0.3, -0.25) is 14.9 Å². The zero-order valence-electron chi connectivity index (χ0n) is 10.6. The van der Waals surface area contributed by atoms with Gasteiger partial charge in [-0.15, -0.1) is 0 Å². The number of hydrogen-bond donors (Lipinski definition) is 0. The summed E-state index contributed by atoms with van der Waals surface area (Å²) in [4.78, 5) is 23.7. The summed E-state index contributed by atoms with van der Waals surface area (Å²) in [7, 11) is 0. The second kappa shape index (κ2) is 6.60. The van der Waals surface area contributed by atoms with Gasteiger partial charge in [0.25, 0.3) is 11.6 Å². The highest BCUT2D eigenvalue weighted by molar-refractivity contribution is 9.09. The molecule has 0 saturated carbocycles. The molecule has 0 radical (unpaired) electrons. The van der Waals surface area contributed by atoms with Crippen LogP contribution in [0, 0.1) is 15.9 Å². The Morgan fingerprint density at radius 2 is 2.11 bits per heavy atom. The first-order valence-electron chi connectivity index (χ1n) is 5.68. The number of non-ortho nitro benzene ring substituents is 1. The Balaban J connectivity index is 3.13. The molecule has 0 aromatic heterocycles. The van der Waals surface area contributed by atoms with Crippen molar-refractivity contribution in [1.82, 2.24) is 4.90 Å². The number of carbonyl (C=O) groups is 1. The van der Waals surface area contributed by atoms with Crippen LogP contribution < -0.4 is 0 Å². The van der Waals surface area contributed by atoms with E-state index in [4.69, 9.17) is 0 Å². The minimum atomic E-state index is -0.792. The molecule has 0 unspecified atom stereocenters. The van der Waals surface area contributed by atoms with Crippen LogP contribution in [0.25, 0.3) is 0 Å². The van der Waals surface area contributed by atoms with E-state index in [1.165, 1.54) is 4.90 Å². The van der Waals surface area contributed by atoms with Gasteiger partial charge in [0.05, 0.1) is 11.0 Å². The van der Waals surface area contributed by atoms with Gasteiger partial charge in [-0.25, -0.2) is 4.39 Å². The Hall–Kier alpha value is -1.50.